The third-order valence-corrected chi connectivity index (χ3v) is 9.93. The molecule has 1 spiro atoms. The first-order chi connectivity index (χ1) is 14.4. The van der Waals surface area contributed by atoms with Gasteiger partial charge in [-0.25, -0.2) is 8.42 Å². The van der Waals surface area contributed by atoms with Crippen LogP contribution in [0.1, 0.15) is 45.4 Å². The van der Waals surface area contributed by atoms with E-state index in [-0.39, 0.29) is 17.9 Å². The third-order valence-electron chi connectivity index (χ3n) is 7.81. The summed E-state index contributed by atoms with van der Waals surface area (Å²) in [5, 5.41) is 9.17. The minimum Gasteiger partial charge on any atom is -0.390 e. The number of sulfonamides is 1. The smallest absolute Gasteiger partial charge is 0.390 e. The van der Waals surface area contributed by atoms with Crippen molar-refractivity contribution < 1.29 is 26.7 Å². The van der Waals surface area contributed by atoms with E-state index in [4.69, 9.17) is 0 Å². The molecule has 0 bridgehead atoms. The molecule has 1 unspecified atom stereocenters. The highest BCUT2D eigenvalue weighted by Crippen LogP contribution is 2.47. The van der Waals surface area contributed by atoms with E-state index < -0.39 is 32.8 Å². The summed E-state index contributed by atoms with van der Waals surface area (Å²) in [4.78, 5) is 5.98. The molecule has 2 aliphatic carbocycles. The number of aliphatic hydroxyl groups is 1. The van der Waals surface area contributed by atoms with Crippen molar-refractivity contribution >= 4 is 15.7 Å². The van der Waals surface area contributed by atoms with Crippen LogP contribution in [-0.2, 0) is 10.0 Å². The fraction of sp³-hybridized carbons (Fsp3) is 0.857. The number of halogens is 3. The molecule has 2 saturated carbocycles. The Balaban J connectivity index is 1.20. The van der Waals surface area contributed by atoms with Crippen LogP contribution in [0.5, 0.6) is 0 Å². The van der Waals surface area contributed by atoms with Gasteiger partial charge in [0.05, 0.1) is 12.1 Å². The van der Waals surface area contributed by atoms with Gasteiger partial charge in [-0.3, -0.25) is 9.89 Å². The molecule has 31 heavy (non-hydrogen) atoms. The molecule has 0 aromatic rings. The normalized spacial score (nSPS) is 37.1. The Kier molecular flexibility index (Phi) is 4.94. The fourth-order valence-electron chi connectivity index (χ4n) is 5.74. The van der Waals surface area contributed by atoms with Gasteiger partial charge in [0.1, 0.15) is 11.0 Å². The van der Waals surface area contributed by atoms with Crippen LogP contribution >= 0.6 is 0 Å². The summed E-state index contributed by atoms with van der Waals surface area (Å²) in [7, 11) is -3.71. The van der Waals surface area contributed by atoms with Gasteiger partial charge in [0.25, 0.3) is 0 Å². The summed E-state index contributed by atoms with van der Waals surface area (Å²) in [6, 6.07) is 0.453. The van der Waals surface area contributed by atoms with E-state index in [9.17, 15) is 26.7 Å². The minimum absolute atomic E-state index is 0.0223. The molecule has 2 saturated heterocycles. The number of hydrogen-bond donors (Lipinski definition) is 1. The maximum atomic E-state index is 13.2. The number of nitrogens with zero attached hydrogens (tertiary/aromatic N) is 3. The van der Waals surface area contributed by atoms with E-state index in [1.807, 2.05) is 6.92 Å². The van der Waals surface area contributed by atoms with Crippen molar-refractivity contribution in [2.75, 3.05) is 32.7 Å². The van der Waals surface area contributed by atoms with E-state index in [1.165, 1.54) is 4.31 Å². The molecule has 0 aromatic carbocycles. The molecular weight excluding hydrogens is 431 g/mol. The van der Waals surface area contributed by atoms with Gasteiger partial charge in [0.2, 0.25) is 10.0 Å². The second-order valence-electron chi connectivity index (χ2n) is 10.6. The number of rotatable bonds is 4. The molecule has 3 aliphatic heterocycles. The lowest BCUT2D eigenvalue weighted by Crippen LogP contribution is -2.75. The van der Waals surface area contributed by atoms with E-state index in [2.05, 4.69) is 9.89 Å². The standard InChI is InChI=1S/C21H30F3N3O3S/c1-19(28)6-4-15(5-7-19)26-10-20(11-26)12-27(13-20)31(29,30)17-9-25-18(21(22,23)24)8-16(17)14-2-3-14/h8,14-15,17,28H,2-7,9-13H2,1H3. The lowest BCUT2D eigenvalue weighted by Gasteiger charge is -2.62. The summed E-state index contributed by atoms with van der Waals surface area (Å²) in [6.07, 6.45) is 1.44. The molecule has 4 fully saturated rings. The fourth-order valence-corrected chi connectivity index (χ4v) is 7.88. The number of likely N-dealkylation sites (tertiary alicyclic amines) is 1. The largest absolute Gasteiger partial charge is 0.432 e. The predicted molar refractivity (Wildman–Crippen MR) is 110 cm³/mol. The number of hydrogen-bond acceptors (Lipinski definition) is 5. The maximum absolute atomic E-state index is 13.2. The number of allylic oxidation sites excluding steroid dienone is 1. The molecule has 6 nitrogen and oxygen atoms in total. The highest BCUT2D eigenvalue weighted by atomic mass is 32.2. The highest BCUT2D eigenvalue weighted by molar-refractivity contribution is 7.90. The van der Waals surface area contributed by atoms with Crippen molar-refractivity contribution in [3.05, 3.63) is 11.6 Å². The van der Waals surface area contributed by atoms with Crippen LogP contribution in [0.2, 0.25) is 0 Å². The van der Waals surface area contributed by atoms with E-state index in [1.54, 1.807) is 0 Å². The van der Waals surface area contributed by atoms with Crippen LogP contribution in [0.4, 0.5) is 13.2 Å². The Labute approximate surface area is 181 Å². The number of alkyl halides is 3. The highest BCUT2D eigenvalue weighted by Gasteiger charge is 2.58. The molecule has 174 valence electrons. The molecule has 0 radical (unpaired) electrons. The maximum Gasteiger partial charge on any atom is 0.432 e. The van der Waals surface area contributed by atoms with Crippen LogP contribution < -0.4 is 0 Å². The molecule has 5 rings (SSSR count). The average Bonchev–Trinajstić information content (AvgIpc) is 3.44. The van der Waals surface area contributed by atoms with Crippen LogP contribution in [0.25, 0.3) is 0 Å². The summed E-state index contributed by atoms with van der Waals surface area (Å²) in [5.41, 5.74) is -1.15. The van der Waals surface area contributed by atoms with Gasteiger partial charge in [-0.05, 0) is 63.0 Å². The summed E-state index contributed by atoms with van der Waals surface area (Å²) in [6.45, 7) is 4.15. The van der Waals surface area contributed by atoms with Gasteiger partial charge in [-0.1, -0.05) is 0 Å². The second kappa shape index (κ2) is 7.01. The summed E-state index contributed by atoms with van der Waals surface area (Å²) < 4.78 is 67.2. The summed E-state index contributed by atoms with van der Waals surface area (Å²) >= 11 is 0. The van der Waals surface area contributed by atoms with Gasteiger partial charge in [-0.15, -0.1) is 0 Å². The predicted octanol–water partition coefficient (Wildman–Crippen LogP) is 2.35. The zero-order valence-electron chi connectivity index (χ0n) is 17.7. The van der Waals surface area contributed by atoms with Gasteiger partial charge < -0.3 is 5.11 Å². The van der Waals surface area contributed by atoms with Crippen molar-refractivity contribution in [3.8, 4) is 0 Å². The third kappa shape index (κ3) is 3.98. The first-order valence-corrected chi connectivity index (χ1v) is 12.7. The number of aliphatic imine (C=N–C) groups is 1. The van der Waals surface area contributed by atoms with E-state index in [0.29, 0.717) is 24.7 Å². The average molecular weight is 462 g/mol. The van der Waals surface area contributed by atoms with Gasteiger partial charge in [0.15, 0.2) is 0 Å². The Bertz CT molecular complexity index is 900. The molecular formula is C21H30F3N3O3S. The van der Waals surface area contributed by atoms with E-state index >= 15 is 0 Å². The van der Waals surface area contributed by atoms with Crippen LogP contribution in [0.15, 0.2) is 16.6 Å². The monoisotopic (exact) mass is 461 g/mol. The van der Waals surface area contributed by atoms with Crippen molar-refractivity contribution in [3.63, 3.8) is 0 Å². The van der Waals surface area contributed by atoms with Gasteiger partial charge in [0, 0.05) is 37.6 Å². The van der Waals surface area contributed by atoms with Crippen molar-refractivity contribution in [1.82, 2.24) is 9.21 Å². The minimum atomic E-state index is -4.54. The van der Waals surface area contributed by atoms with Crippen LogP contribution in [0.3, 0.4) is 0 Å². The molecule has 0 aromatic heterocycles. The van der Waals surface area contributed by atoms with Gasteiger partial charge in [-0.2, -0.15) is 17.5 Å². The first-order valence-electron chi connectivity index (χ1n) is 11.2. The molecule has 10 heteroatoms. The van der Waals surface area contributed by atoms with E-state index in [0.717, 1.165) is 57.7 Å². The van der Waals surface area contributed by atoms with Crippen molar-refractivity contribution in [1.29, 1.82) is 0 Å². The quantitative estimate of drug-likeness (QED) is 0.698. The number of dihydropyridines is 1. The first kappa shape index (κ1) is 21.9. The molecule has 3 heterocycles. The molecule has 1 atom stereocenters. The zero-order chi connectivity index (χ0) is 22.2. The van der Waals surface area contributed by atoms with Crippen molar-refractivity contribution in [2.45, 2.75) is 68.5 Å². The van der Waals surface area contributed by atoms with Crippen LogP contribution in [-0.4, -0.2) is 84.2 Å². The Morgan fingerprint density at radius 3 is 2.26 bits per heavy atom. The lowest BCUT2D eigenvalue weighted by atomic mass is 9.72. The Morgan fingerprint density at radius 2 is 1.71 bits per heavy atom. The van der Waals surface area contributed by atoms with Crippen LogP contribution in [0, 0.1) is 11.3 Å². The SMILES string of the molecule is CC1(O)CCC(N2CC3(C2)CN(S(=O)(=O)C2CN=C(C(F)(F)F)C=C2C2CC2)C3)CC1. The topological polar surface area (TPSA) is 73.2 Å². The lowest BCUT2D eigenvalue weighted by molar-refractivity contribution is -0.116. The zero-order valence-corrected chi connectivity index (χ0v) is 18.6. The molecule has 5 aliphatic rings. The second-order valence-corrected chi connectivity index (χ2v) is 12.7. The van der Waals surface area contributed by atoms with Crippen molar-refractivity contribution in [2.24, 2.45) is 16.3 Å². The Morgan fingerprint density at radius 1 is 1.10 bits per heavy atom. The molecule has 1 N–H and O–H groups in total. The van der Waals surface area contributed by atoms with Gasteiger partial charge >= 0.3 is 6.18 Å². The Hall–Kier alpha value is -0.970. The summed E-state index contributed by atoms with van der Waals surface area (Å²) in [5.74, 6) is -0.0643. The molecule has 0 amide bonds.